The Bertz CT molecular complexity index is 1150. The molecule has 5 nitrogen and oxygen atoms in total. The van der Waals surface area contributed by atoms with Gasteiger partial charge in [-0.1, -0.05) is 53.5 Å². The van der Waals surface area contributed by atoms with E-state index in [1.165, 1.54) is 18.2 Å². The van der Waals surface area contributed by atoms with E-state index in [1.54, 1.807) is 18.2 Å². The molecule has 0 atom stereocenters. The van der Waals surface area contributed by atoms with E-state index in [2.05, 4.69) is 10.0 Å². The van der Waals surface area contributed by atoms with Crippen molar-refractivity contribution in [2.75, 3.05) is 5.32 Å². The molecular formula is C21H18Cl2N2O3S. The third-order valence-electron chi connectivity index (χ3n) is 4.23. The highest BCUT2D eigenvalue weighted by Crippen LogP contribution is 2.25. The van der Waals surface area contributed by atoms with Gasteiger partial charge in [0.05, 0.1) is 5.02 Å². The fraction of sp³-hybridized carbons (Fsp3) is 0.0952. The number of carbonyl (C=O) groups is 1. The fourth-order valence-corrected chi connectivity index (χ4v) is 4.43. The number of halogens is 2. The number of carbonyl (C=O) groups excluding carboxylic acids is 1. The van der Waals surface area contributed by atoms with Crippen LogP contribution in [0.15, 0.2) is 71.6 Å². The van der Waals surface area contributed by atoms with Crippen LogP contribution in [-0.4, -0.2) is 14.3 Å². The molecule has 0 saturated carbocycles. The summed E-state index contributed by atoms with van der Waals surface area (Å²) in [7, 11) is -3.91. The zero-order valence-electron chi connectivity index (χ0n) is 15.4. The molecule has 0 unspecified atom stereocenters. The van der Waals surface area contributed by atoms with Crippen LogP contribution in [0.1, 0.15) is 21.5 Å². The molecule has 0 radical (unpaired) electrons. The fourth-order valence-electron chi connectivity index (χ4n) is 2.66. The van der Waals surface area contributed by atoms with Gasteiger partial charge in [-0.15, -0.1) is 0 Å². The van der Waals surface area contributed by atoms with Crippen LogP contribution in [0.2, 0.25) is 10.0 Å². The number of aryl methyl sites for hydroxylation is 1. The number of amides is 1. The van der Waals surface area contributed by atoms with Crippen LogP contribution in [-0.2, 0) is 16.6 Å². The average molecular weight is 449 g/mol. The van der Waals surface area contributed by atoms with E-state index in [9.17, 15) is 13.2 Å². The summed E-state index contributed by atoms with van der Waals surface area (Å²) in [4.78, 5) is 12.5. The van der Waals surface area contributed by atoms with Crippen molar-refractivity contribution >= 4 is 44.8 Å². The number of rotatable bonds is 6. The van der Waals surface area contributed by atoms with E-state index in [0.717, 1.165) is 11.1 Å². The molecule has 3 aromatic rings. The molecule has 0 aromatic heterocycles. The van der Waals surface area contributed by atoms with E-state index in [-0.39, 0.29) is 22.0 Å². The topological polar surface area (TPSA) is 75.3 Å². The zero-order chi connectivity index (χ0) is 21.0. The molecule has 150 valence electrons. The quantitative estimate of drug-likeness (QED) is 0.554. The largest absolute Gasteiger partial charge is 0.322 e. The van der Waals surface area contributed by atoms with Crippen LogP contribution in [0.25, 0.3) is 0 Å². The predicted octanol–water partition coefficient (Wildman–Crippen LogP) is 5.03. The maximum atomic E-state index is 12.7. The molecule has 0 aliphatic carbocycles. The van der Waals surface area contributed by atoms with Gasteiger partial charge in [0.1, 0.15) is 4.90 Å². The first-order valence-corrected chi connectivity index (χ1v) is 10.9. The zero-order valence-corrected chi connectivity index (χ0v) is 17.8. The Labute approximate surface area is 179 Å². The van der Waals surface area contributed by atoms with Crippen molar-refractivity contribution in [3.8, 4) is 0 Å². The molecule has 29 heavy (non-hydrogen) atoms. The van der Waals surface area contributed by atoms with Gasteiger partial charge < -0.3 is 5.32 Å². The molecule has 3 aromatic carbocycles. The summed E-state index contributed by atoms with van der Waals surface area (Å²) < 4.78 is 27.9. The van der Waals surface area contributed by atoms with Crippen LogP contribution < -0.4 is 10.0 Å². The molecule has 0 bridgehead atoms. The summed E-state index contributed by atoms with van der Waals surface area (Å²) in [5.41, 5.74) is 2.35. The highest BCUT2D eigenvalue weighted by Gasteiger charge is 2.20. The van der Waals surface area contributed by atoms with Crippen molar-refractivity contribution in [1.82, 2.24) is 4.72 Å². The Kier molecular flexibility index (Phi) is 6.59. The molecule has 0 aliphatic rings. The first-order chi connectivity index (χ1) is 13.8. The summed E-state index contributed by atoms with van der Waals surface area (Å²) in [5.74, 6) is -0.452. The molecule has 1 amide bonds. The van der Waals surface area contributed by atoms with E-state index >= 15 is 0 Å². The number of hydrogen-bond acceptors (Lipinski definition) is 3. The Morgan fingerprint density at radius 3 is 2.38 bits per heavy atom. The molecule has 2 N–H and O–H groups in total. The van der Waals surface area contributed by atoms with E-state index in [1.807, 2.05) is 37.3 Å². The lowest BCUT2D eigenvalue weighted by molar-refractivity contribution is 0.102. The summed E-state index contributed by atoms with van der Waals surface area (Å²) in [6.07, 6.45) is 0. The summed E-state index contributed by atoms with van der Waals surface area (Å²) in [6, 6.07) is 18.3. The number of anilines is 1. The van der Waals surface area contributed by atoms with Crippen molar-refractivity contribution in [3.05, 3.63) is 93.5 Å². The Morgan fingerprint density at radius 2 is 1.69 bits per heavy atom. The van der Waals surface area contributed by atoms with Crippen LogP contribution in [0.4, 0.5) is 5.69 Å². The number of sulfonamides is 1. The van der Waals surface area contributed by atoms with Crippen LogP contribution in [0, 0.1) is 6.92 Å². The number of benzene rings is 3. The van der Waals surface area contributed by atoms with E-state index < -0.39 is 15.9 Å². The lowest BCUT2D eigenvalue weighted by Crippen LogP contribution is -2.24. The van der Waals surface area contributed by atoms with Crippen molar-refractivity contribution in [1.29, 1.82) is 0 Å². The molecule has 0 fully saturated rings. The van der Waals surface area contributed by atoms with Gasteiger partial charge in [0, 0.05) is 22.8 Å². The van der Waals surface area contributed by atoms with Gasteiger partial charge >= 0.3 is 0 Å². The minimum absolute atomic E-state index is 0.0322. The van der Waals surface area contributed by atoms with Crippen molar-refractivity contribution in [2.24, 2.45) is 0 Å². The van der Waals surface area contributed by atoms with Crippen molar-refractivity contribution in [3.63, 3.8) is 0 Å². The Balaban J connectivity index is 1.82. The Morgan fingerprint density at radius 1 is 0.966 bits per heavy atom. The summed E-state index contributed by atoms with van der Waals surface area (Å²) >= 11 is 12.0. The first-order valence-electron chi connectivity index (χ1n) is 8.67. The molecular weight excluding hydrogens is 431 g/mol. The third kappa shape index (κ3) is 5.36. The van der Waals surface area contributed by atoms with Crippen LogP contribution >= 0.6 is 23.2 Å². The molecule has 8 heteroatoms. The van der Waals surface area contributed by atoms with Gasteiger partial charge in [-0.05, 0) is 54.4 Å². The highest BCUT2D eigenvalue weighted by molar-refractivity contribution is 7.89. The van der Waals surface area contributed by atoms with Crippen LogP contribution in [0.3, 0.4) is 0 Å². The maximum Gasteiger partial charge on any atom is 0.255 e. The normalized spacial score (nSPS) is 11.3. The SMILES string of the molecule is Cc1cc(Cl)ccc1NC(=O)c1ccc(Cl)c(S(=O)(=O)NCc2ccccc2)c1. The predicted molar refractivity (Wildman–Crippen MR) is 116 cm³/mol. The van der Waals surface area contributed by atoms with Crippen molar-refractivity contribution < 1.29 is 13.2 Å². The smallest absolute Gasteiger partial charge is 0.255 e. The molecule has 0 aliphatic heterocycles. The van der Waals surface area contributed by atoms with E-state index in [4.69, 9.17) is 23.2 Å². The lowest BCUT2D eigenvalue weighted by atomic mass is 10.1. The van der Waals surface area contributed by atoms with Gasteiger partial charge in [-0.3, -0.25) is 4.79 Å². The molecule has 3 rings (SSSR count). The Hall–Kier alpha value is -2.38. The monoisotopic (exact) mass is 448 g/mol. The highest BCUT2D eigenvalue weighted by atomic mass is 35.5. The summed E-state index contributed by atoms with van der Waals surface area (Å²) in [5, 5.41) is 3.35. The average Bonchev–Trinajstić information content (AvgIpc) is 2.69. The van der Waals surface area contributed by atoms with Crippen molar-refractivity contribution in [2.45, 2.75) is 18.4 Å². The van der Waals surface area contributed by atoms with Gasteiger partial charge in [-0.25, -0.2) is 13.1 Å². The standard InChI is InChI=1S/C21H18Cl2N2O3S/c1-14-11-17(22)8-10-19(14)25-21(26)16-7-9-18(23)20(12-16)29(27,28)24-13-15-5-3-2-4-6-15/h2-12,24H,13H2,1H3,(H,25,26). The minimum Gasteiger partial charge on any atom is -0.322 e. The summed E-state index contributed by atoms with van der Waals surface area (Å²) in [6.45, 7) is 1.92. The third-order valence-corrected chi connectivity index (χ3v) is 6.35. The number of hydrogen-bond donors (Lipinski definition) is 2. The minimum atomic E-state index is -3.91. The first kappa shape index (κ1) is 21.3. The molecule has 0 saturated heterocycles. The van der Waals surface area contributed by atoms with Gasteiger partial charge in [0.25, 0.3) is 5.91 Å². The number of nitrogens with one attached hydrogen (secondary N) is 2. The molecule has 0 heterocycles. The van der Waals surface area contributed by atoms with Gasteiger partial charge in [0.2, 0.25) is 10.0 Å². The van der Waals surface area contributed by atoms with Crippen LogP contribution in [0.5, 0.6) is 0 Å². The second-order valence-electron chi connectivity index (χ2n) is 6.37. The molecule has 0 spiro atoms. The lowest BCUT2D eigenvalue weighted by Gasteiger charge is -2.12. The van der Waals surface area contributed by atoms with Gasteiger partial charge in [-0.2, -0.15) is 0 Å². The second kappa shape index (κ2) is 8.97. The van der Waals surface area contributed by atoms with Gasteiger partial charge in [0.15, 0.2) is 0 Å². The van der Waals surface area contributed by atoms with E-state index in [0.29, 0.717) is 10.7 Å². The maximum absolute atomic E-state index is 12.7. The second-order valence-corrected chi connectivity index (χ2v) is 8.95.